The van der Waals surface area contributed by atoms with Crippen LogP contribution in [0.15, 0.2) is 66.7 Å². The maximum absolute atomic E-state index is 13.0. The number of hydrogen-bond donors (Lipinski definition) is 1. The summed E-state index contributed by atoms with van der Waals surface area (Å²) in [6.07, 6.45) is 0. The Kier molecular flexibility index (Phi) is 4.63. The fraction of sp³-hybridized carbons (Fsp3) is 0.0500. The lowest BCUT2D eigenvalue weighted by molar-refractivity contribution is 0.102. The zero-order chi connectivity index (χ0) is 17.1. The van der Waals surface area contributed by atoms with Crippen LogP contribution in [0.5, 0.6) is 0 Å². The minimum absolute atomic E-state index is 0.277. The van der Waals surface area contributed by atoms with E-state index in [9.17, 15) is 9.18 Å². The number of rotatable bonds is 3. The van der Waals surface area contributed by atoms with Gasteiger partial charge >= 0.3 is 0 Å². The lowest BCUT2D eigenvalue weighted by atomic mass is 10.0. The first-order valence-electron chi connectivity index (χ1n) is 7.46. The minimum Gasteiger partial charge on any atom is -0.322 e. The van der Waals surface area contributed by atoms with Crippen LogP contribution in [0.3, 0.4) is 0 Å². The molecule has 0 bridgehead atoms. The summed E-state index contributed by atoms with van der Waals surface area (Å²) in [5.41, 5.74) is 3.99. The van der Waals surface area contributed by atoms with E-state index in [0.717, 1.165) is 16.7 Å². The molecule has 4 heteroatoms. The van der Waals surface area contributed by atoms with Crippen LogP contribution in [0.2, 0.25) is 5.02 Å². The average Bonchev–Trinajstić information content (AvgIpc) is 2.57. The van der Waals surface area contributed by atoms with Crippen LogP contribution in [0.4, 0.5) is 10.1 Å². The second-order valence-corrected chi connectivity index (χ2v) is 5.94. The number of halogens is 2. The van der Waals surface area contributed by atoms with E-state index in [1.54, 1.807) is 0 Å². The monoisotopic (exact) mass is 339 g/mol. The second kappa shape index (κ2) is 6.85. The molecule has 2 nitrogen and oxygen atoms in total. The normalized spacial score (nSPS) is 10.5. The molecule has 3 rings (SSSR count). The molecule has 1 amide bonds. The molecule has 120 valence electrons. The molecule has 0 spiro atoms. The summed E-state index contributed by atoms with van der Waals surface area (Å²) in [6.45, 7) is 1.92. The van der Waals surface area contributed by atoms with Gasteiger partial charge in [-0.3, -0.25) is 4.79 Å². The Morgan fingerprint density at radius 1 is 0.958 bits per heavy atom. The second-order valence-electron chi connectivity index (χ2n) is 5.50. The standard InChI is InChI=1S/C20H15ClFNO/c1-13-5-6-16(15-3-2-4-17(21)11-15)12-19(13)23-20(24)14-7-9-18(22)10-8-14/h2-12H,1H3,(H,23,24). The molecule has 0 aliphatic rings. The first-order chi connectivity index (χ1) is 11.5. The van der Waals surface area contributed by atoms with Gasteiger partial charge in [-0.05, 0) is 66.1 Å². The maximum atomic E-state index is 13.0. The van der Waals surface area contributed by atoms with Gasteiger partial charge < -0.3 is 5.32 Å². The molecule has 1 N–H and O–H groups in total. The Bertz CT molecular complexity index is 890. The van der Waals surface area contributed by atoms with Crippen LogP contribution >= 0.6 is 11.6 Å². The van der Waals surface area contributed by atoms with E-state index >= 15 is 0 Å². The van der Waals surface area contributed by atoms with Crippen molar-refractivity contribution in [2.24, 2.45) is 0 Å². The van der Waals surface area contributed by atoms with Crippen molar-refractivity contribution in [3.05, 3.63) is 88.7 Å². The molecular formula is C20H15ClFNO. The molecule has 0 unspecified atom stereocenters. The van der Waals surface area contributed by atoms with E-state index in [-0.39, 0.29) is 11.7 Å². The van der Waals surface area contributed by atoms with Crippen molar-refractivity contribution in [1.29, 1.82) is 0 Å². The lowest BCUT2D eigenvalue weighted by Crippen LogP contribution is -2.12. The summed E-state index contributed by atoms with van der Waals surface area (Å²) in [6, 6.07) is 18.8. The molecule has 0 saturated carbocycles. The van der Waals surface area contributed by atoms with Crippen LogP contribution < -0.4 is 5.32 Å². The molecule has 3 aromatic carbocycles. The smallest absolute Gasteiger partial charge is 0.255 e. The Morgan fingerprint density at radius 3 is 2.38 bits per heavy atom. The summed E-state index contributed by atoms with van der Waals surface area (Å²) < 4.78 is 13.0. The summed E-state index contributed by atoms with van der Waals surface area (Å²) in [5.74, 6) is -0.646. The quantitative estimate of drug-likeness (QED) is 0.651. The molecular weight excluding hydrogens is 325 g/mol. The van der Waals surface area contributed by atoms with Crippen molar-refractivity contribution >= 4 is 23.2 Å². The molecule has 3 aromatic rings. The number of carbonyl (C=O) groups is 1. The Labute approximate surface area is 144 Å². The number of benzene rings is 3. The number of nitrogens with one attached hydrogen (secondary N) is 1. The number of aryl methyl sites for hydroxylation is 1. The predicted molar refractivity (Wildman–Crippen MR) is 96.0 cm³/mol. The third-order valence-electron chi connectivity index (χ3n) is 3.75. The third-order valence-corrected chi connectivity index (χ3v) is 3.99. The predicted octanol–water partition coefficient (Wildman–Crippen LogP) is 5.71. The SMILES string of the molecule is Cc1ccc(-c2cccc(Cl)c2)cc1NC(=O)c1ccc(F)cc1. The van der Waals surface area contributed by atoms with E-state index < -0.39 is 0 Å². The minimum atomic E-state index is -0.370. The fourth-order valence-electron chi connectivity index (χ4n) is 2.40. The Balaban J connectivity index is 1.89. The van der Waals surface area contributed by atoms with Gasteiger partial charge in [0.1, 0.15) is 5.82 Å². The topological polar surface area (TPSA) is 29.1 Å². The van der Waals surface area contributed by atoms with Crippen molar-refractivity contribution in [2.45, 2.75) is 6.92 Å². The number of anilines is 1. The highest BCUT2D eigenvalue weighted by molar-refractivity contribution is 6.30. The highest BCUT2D eigenvalue weighted by atomic mass is 35.5. The first-order valence-corrected chi connectivity index (χ1v) is 7.84. The van der Waals surface area contributed by atoms with E-state index in [4.69, 9.17) is 11.6 Å². The van der Waals surface area contributed by atoms with Gasteiger partial charge in [0.05, 0.1) is 0 Å². The molecule has 0 aromatic heterocycles. The molecule has 0 atom stereocenters. The number of carbonyl (C=O) groups excluding carboxylic acids is 1. The molecule has 0 aliphatic heterocycles. The van der Waals surface area contributed by atoms with Gasteiger partial charge in [-0.25, -0.2) is 4.39 Å². The molecule has 0 aliphatic carbocycles. The molecule has 0 radical (unpaired) electrons. The van der Waals surface area contributed by atoms with Crippen LogP contribution in [0.1, 0.15) is 15.9 Å². The highest BCUT2D eigenvalue weighted by Crippen LogP contribution is 2.27. The maximum Gasteiger partial charge on any atom is 0.255 e. The molecule has 0 fully saturated rings. The van der Waals surface area contributed by atoms with Gasteiger partial charge in [-0.1, -0.05) is 35.9 Å². The van der Waals surface area contributed by atoms with Gasteiger partial charge in [-0.2, -0.15) is 0 Å². The van der Waals surface area contributed by atoms with Crippen LogP contribution in [0, 0.1) is 12.7 Å². The van der Waals surface area contributed by atoms with Crippen molar-refractivity contribution < 1.29 is 9.18 Å². The highest BCUT2D eigenvalue weighted by Gasteiger charge is 2.09. The number of hydrogen-bond acceptors (Lipinski definition) is 1. The fourth-order valence-corrected chi connectivity index (χ4v) is 2.59. The molecule has 0 heterocycles. The van der Waals surface area contributed by atoms with Gasteiger partial charge in [-0.15, -0.1) is 0 Å². The summed E-state index contributed by atoms with van der Waals surface area (Å²) in [7, 11) is 0. The molecule has 24 heavy (non-hydrogen) atoms. The zero-order valence-corrected chi connectivity index (χ0v) is 13.8. The summed E-state index contributed by atoms with van der Waals surface area (Å²) in [4.78, 5) is 12.3. The van der Waals surface area contributed by atoms with Crippen molar-refractivity contribution in [2.75, 3.05) is 5.32 Å². The van der Waals surface area contributed by atoms with E-state index in [1.807, 2.05) is 49.4 Å². The zero-order valence-electron chi connectivity index (χ0n) is 13.0. The van der Waals surface area contributed by atoms with Gasteiger partial charge in [0.2, 0.25) is 0 Å². The van der Waals surface area contributed by atoms with E-state index in [1.165, 1.54) is 24.3 Å². The summed E-state index contributed by atoms with van der Waals surface area (Å²) >= 11 is 6.04. The van der Waals surface area contributed by atoms with Crippen LogP contribution in [-0.4, -0.2) is 5.91 Å². The lowest BCUT2D eigenvalue weighted by Gasteiger charge is -2.11. The van der Waals surface area contributed by atoms with Crippen molar-refractivity contribution in [1.82, 2.24) is 0 Å². The van der Waals surface area contributed by atoms with Crippen molar-refractivity contribution in [3.63, 3.8) is 0 Å². The van der Waals surface area contributed by atoms with E-state index in [0.29, 0.717) is 16.3 Å². The third kappa shape index (κ3) is 3.63. The number of amides is 1. The summed E-state index contributed by atoms with van der Waals surface area (Å²) in [5, 5.41) is 3.53. The van der Waals surface area contributed by atoms with Gasteiger partial charge in [0, 0.05) is 16.3 Å². The Hall–Kier alpha value is -2.65. The molecule has 0 saturated heterocycles. The Morgan fingerprint density at radius 2 is 1.67 bits per heavy atom. The van der Waals surface area contributed by atoms with Crippen molar-refractivity contribution in [3.8, 4) is 11.1 Å². The van der Waals surface area contributed by atoms with Gasteiger partial charge in [0.25, 0.3) is 5.91 Å². The van der Waals surface area contributed by atoms with E-state index in [2.05, 4.69) is 5.32 Å². The van der Waals surface area contributed by atoms with Crippen LogP contribution in [0.25, 0.3) is 11.1 Å². The first kappa shape index (κ1) is 16.2. The van der Waals surface area contributed by atoms with Crippen LogP contribution in [-0.2, 0) is 0 Å². The largest absolute Gasteiger partial charge is 0.322 e. The average molecular weight is 340 g/mol. The van der Waals surface area contributed by atoms with Gasteiger partial charge in [0.15, 0.2) is 0 Å².